The molecule has 0 atom stereocenters. The molecule has 1 saturated heterocycles. The second-order valence-corrected chi connectivity index (χ2v) is 9.20. The lowest BCUT2D eigenvalue weighted by Gasteiger charge is -2.30. The predicted molar refractivity (Wildman–Crippen MR) is 120 cm³/mol. The lowest BCUT2D eigenvalue weighted by Crippen LogP contribution is -2.45. The summed E-state index contributed by atoms with van der Waals surface area (Å²) in [6.07, 6.45) is -0.543. The van der Waals surface area contributed by atoms with E-state index < -0.39 is 17.2 Å². The monoisotopic (exact) mass is 448 g/mol. The molecular weight excluding hydrogens is 420 g/mol. The summed E-state index contributed by atoms with van der Waals surface area (Å²) in [5.41, 5.74) is -0.727. The van der Waals surface area contributed by atoms with Crippen molar-refractivity contribution >= 4 is 35.3 Å². The molecule has 0 unspecified atom stereocenters. The lowest BCUT2D eigenvalue weighted by atomic mass is 10.1. The zero-order chi connectivity index (χ0) is 22.6. The number of carbonyl (C=O) groups is 1. The highest BCUT2D eigenvalue weighted by Gasteiger charge is 2.31. The topological polar surface area (TPSA) is 102 Å². The van der Waals surface area contributed by atoms with Gasteiger partial charge in [-0.1, -0.05) is 11.6 Å². The molecule has 1 fully saturated rings. The molecule has 1 aromatic carbocycles. The summed E-state index contributed by atoms with van der Waals surface area (Å²) in [6.45, 7) is 11.6. The van der Waals surface area contributed by atoms with Crippen molar-refractivity contribution in [3.05, 3.63) is 35.1 Å². The number of morpholine rings is 1. The minimum absolute atomic E-state index is 0.368. The standard InChI is InChI=1S/C21H29ClN6O3/c1-20(2,3)31-19(29)27-21(4,5)16-24-17(23-15-8-6-14(22)7-9-15)26-18(25-16)28-10-12-30-13-11-28/h6-9H,10-13H2,1-5H3,(H,27,29)(H,23,24,25,26). The molecule has 1 amide bonds. The first-order chi connectivity index (χ1) is 14.5. The van der Waals surface area contributed by atoms with Crippen molar-refractivity contribution in [3.8, 4) is 0 Å². The van der Waals surface area contributed by atoms with E-state index >= 15 is 0 Å². The summed E-state index contributed by atoms with van der Waals surface area (Å²) in [5.74, 6) is 1.29. The molecule has 2 aromatic rings. The van der Waals surface area contributed by atoms with Crippen molar-refractivity contribution < 1.29 is 14.3 Å². The third-order valence-electron chi connectivity index (χ3n) is 4.39. The van der Waals surface area contributed by atoms with Crippen LogP contribution in [0, 0.1) is 0 Å². The Morgan fingerprint density at radius 3 is 2.32 bits per heavy atom. The Bertz CT molecular complexity index is 908. The molecular formula is C21H29ClN6O3. The van der Waals surface area contributed by atoms with Crippen LogP contribution in [0.3, 0.4) is 0 Å². The third-order valence-corrected chi connectivity index (χ3v) is 4.64. The van der Waals surface area contributed by atoms with Gasteiger partial charge in [0.05, 0.1) is 18.8 Å². The number of hydrogen-bond donors (Lipinski definition) is 2. The van der Waals surface area contributed by atoms with Crippen LogP contribution in [-0.2, 0) is 15.0 Å². The Morgan fingerprint density at radius 2 is 1.71 bits per heavy atom. The minimum Gasteiger partial charge on any atom is -0.444 e. The number of hydrogen-bond acceptors (Lipinski definition) is 8. The third kappa shape index (κ3) is 6.67. The number of aromatic nitrogens is 3. The highest BCUT2D eigenvalue weighted by atomic mass is 35.5. The van der Waals surface area contributed by atoms with Crippen molar-refractivity contribution in [1.82, 2.24) is 20.3 Å². The first-order valence-corrected chi connectivity index (χ1v) is 10.5. The van der Waals surface area contributed by atoms with Gasteiger partial charge in [0, 0.05) is 23.8 Å². The highest BCUT2D eigenvalue weighted by molar-refractivity contribution is 6.30. The Hall–Kier alpha value is -2.65. The molecule has 2 N–H and O–H groups in total. The van der Waals surface area contributed by atoms with Crippen LogP contribution >= 0.6 is 11.6 Å². The van der Waals surface area contributed by atoms with Gasteiger partial charge >= 0.3 is 6.09 Å². The molecule has 2 heterocycles. The van der Waals surface area contributed by atoms with Crippen molar-refractivity contribution in [2.75, 3.05) is 36.5 Å². The lowest BCUT2D eigenvalue weighted by molar-refractivity contribution is 0.0466. The minimum atomic E-state index is -0.900. The van der Waals surface area contributed by atoms with Gasteiger partial charge in [0.1, 0.15) is 5.60 Å². The molecule has 1 aliphatic rings. The van der Waals surface area contributed by atoms with Gasteiger partial charge in [-0.15, -0.1) is 0 Å². The van der Waals surface area contributed by atoms with Gasteiger partial charge in [-0.2, -0.15) is 15.0 Å². The number of rotatable bonds is 5. The van der Waals surface area contributed by atoms with E-state index in [1.54, 1.807) is 12.1 Å². The molecule has 3 rings (SSSR count). The van der Waals surface area contributed by atoms with Crippen LogP contribution in [0.1, 0.15) is 40.4 Å². The maximum Gasteiger partial charge on any atom is 0.408 e. The van der Waals surface area contributed by atoms with E-state index in [1.807, 2.05) is 51.7 Å². The Morgan fingerprint density at radius 1 is 1.06 bits per heavy atom. The van der Waals surface area contributed by atoms with Gasteiger partial charge in [0.2, 0.25) is 11.9 Å². The second-order valence-electron chi connectivity index (χ2n) is 8.77. The zero-order valence-corrected chi connectivity index (χ0v) is 19.3. The molecule has 1 aliphatic heterocycles. The van der Waals surface area contributed by atoms with Gasteiger partial charge < -0.3 is 25.0 Å². The van der Waals surface area contributed by atoms with Crippen molar-refractivity contribution in [3.63, 3.8) is 0 Å². The van der Waals surface area contributed by atoms with Crippen LogP contribution in [0.4, 0.5) is 22.4 Å². The molecule has 10 heteroatoms. The van der Waals surface area contributed by atoms with E-state index in [1.165, 1.54) is 0 Å². The first kappa shape index (κ1) is 23.0. The van der Waals surface area contributed by atoms with Crippen LogP contribution in [0.5, 0.6) is 0 Å². The van der Waals surface area contributed by atoms with E-state index in [9.17, 15) is 4.79 Å². The Balaban J connectivity index is 1.91. The number of nitrogens with one attached hydrogen (secondary N) is 2. The van der Waals surface area contributed by atoms with Gasteiger partial charge in [-0.05, 0) is 58.9 Å². The van der Waals surface area contributed by atoms with E-state index in [0.29, 0.717) is 49.0 Å². The molecule has 0 radical (unpaired) electrons. The van der Waals surface area contributed by atoms with Crippen LogP contribution in [-0.4, -0.2) is 52.9 Å². The molecule has 0 saturated carbocycles. The van der Waals surface area contributed by atoms with Gasteiger partial charge in [0.25, 0.3) is 0 Å². The maximum absolute atomic E-state index is 12.4. The number of halogens is 1. The normalized spacial score (nSPS) is 14.8. The van der Waals surface area contributed by atoms with E-state index in [0.717, 1.165) is 5.69 Å². The van der Waals surface area contributed by atoms with E-state index in [2.05, 4.69) is 25.6 Å². The number of benzene rings is 1. The Kier molecular flexibility index (Phi) is 6.86. The summed E-state index contributed by atoms with van der Waals surface area (Å²) >= 11 is 5.98. The first-order valence-electron chi connectivity index (χ1n) is 10.1. The summed E-state index contributed by atoms with van der Waals surface area (Å²) < 4.78 is 10.8. The van der Waals surface area contributed by atoms with E-state index in [-0.39, 0.29) is 0 Å². The number of alkyl carbamates (subject to hydrolysis) is 1. The summed E-state index contributed by atoms with van der Waals surface area (Å²) in [6, 6.07) is 7.24. The number of anilines is 3. The SMILES string of the molecule is CC(C)(C)OC(=O)NC(C)(C)c1nc(Nc2ccc(Cl)cc2)nc(N2CCOCC2)n1. The van der Waals surface area contributed by atoms with Crippen LogP contribution in [0.15, 0.2) is 24.3 Å². The number of amides is 1. The average molecular weight is 449 g/mol. The highest BCUT2D eigenvalue weighted by Crippen LogP contribution is 2.24. The molecule has 9 nitrogen and oxygen atoms in total. The summed E-state index contributed by atoms with van der Waals surface area (Å²) in [5, 5.41) is 6.68. The quantitative estimate of drug-likeness (QED) is 0.710. The number of nitrogens with zero attached hydrogens (tertiary/aromatic N) is 4. The predicted octanol–water partition coefficient (Wildman–Crippen LogP) is 3.87. The summed E-state index contributed by atoms with van der Waals surface area (Å²) in [7, 11) is 0. The fourth-order valence-electron chi connectivity index (χ4n) is 2.88. The summed E-state index contributed by atoms with van der Waals surface area (Å²) in [4.78, 5) is 28.2. The van der Waals surface area contributed by atoms with Crippen LogP contribution < -0.4 is 15.5 Å². The fraction of sp³-hybridized carbons (Fsp3) is 0.524. The zero-order valence-electron chi connectivity index (χ0n) is 18.5. The van der Waals surface area contributed by atoms with Gasteiger partial charge in [-0.3, -0.25) is 0 Å². The molecule has 168 valence electrons. The molecule has 0 spiro atoms. The molecule has 0 aliphatic carbocycles. The fourth-order valence-corrected chi connectivity index (χ4v) is 3.01. The second kappa shape index (κ2) is 9.23. The van der Waals surface area contributed by atoms with Gasteiger partial charge in [-0.25, -0.2) is 4.79 Å². The Labute approximate surface area is 187 Å². The van der Waals surface area contributed by atoms with Gasteiger partial charge in [0.15, 0.2) is 5.82 Å². The van der Waals surface area contributed by atoms with Crippen LogP contribution in [0.25, 0.3) is 0 Å². The van der Waals surface area contributed by atoms with Crippen LogP contribution in [0.2, 0.25) is 5.02 Å². The number of carbonyl (C=O) groups excluding carboxylic acids is 1. The van der Waals surface area contributed by atoms with Crippen molar-refractivity contribution in [1.29, 1.82) is 0 Å². The maximum atomic E-state index is 12.4. The molecule has 31 heavy (non-hydrogen) atoms. The van der Waals surface area contributed by atoms with Crippen molar-refractivity contribution in [2.45, 2.75) is 45.8 Å². The molecule has 1 aromatic heterocycles. The van der Waals surface area contributed by atoms with E-state index in [4.69, 9.17) is 21.1 Å². The smallest absolute Gasteiger partial charge is 0.408 e. The number of ether oxygens (including phenoxy) is 2. The molecule has 0 bridgehead atoms. The average Bonchev–Trinajstić information content (AvgIpc) is 2.68. The van der Waals surface area contributed by atoms with Crippen molar-refractivity contribution in [2.24, 2.45) is 0 Å². The largest absolute Gasteiger partial charge is 0.444 e.